The predicted molar refractivity (Wildman–Crippen MR) is 59.0 cm³/mol. The molecule has 17 heavy (non-hydrogen) atoms. The molecular weight excluding hydrogens is 224 g/mol. The molecular formula is C10H16N4O3. The first-order valence-electron chi connectivity index (χ1n) is 5.37. The highest BCUT2D eigenvalue weighted by Gasteiger charge is 2.25. The van der Waals surface area contributed by atoms with Gasteiger partial charge in [-0.2, -0.15) is 0 Å². The maximum absolute atomic E-state index is 11.6. The second-order valence-corrected chi connectivity index (χ2v) is 3.87. The first-order chi connectivity index (χ1) is 8.02. The number of nitrogens with one attached hydrogen (secondary N) is 1. The second kappa shape index (κ2) is 5.97. The van der Waals surface area contributed by atoms with Crippen LogP contribution in [0.5, 0.6) is 0 Å². The van der Waals surface area contributed by atoms with Crippen LogP contribution >= 0.6 is 0 Å². The molecule has 1 amide bonds. The fourth-order valence-corrected chi connectivity index (χ4v) is 1.25. The molecule has 1 rings (SSSR count). The smallest absolute Gasteiger partial charge is 0.307 e. The minimum atomic E-state index is -0.969. The lowest BCUT2D eigenvalue weighted by atomic mass is 9.95. The number of hydrogen-bond acceptors (Lipinski definition) is 4. The first-order valence-corrected chi connectivity index (χ1v) is 5.37. The van der Waals surface area contributed by atoms with Crippen molar-refractivity contribution in [3.05, 3.63) is 12.4 Å². The van der Waals surface area contributed by atoms with Crippen LogP contribution in [0.1, 0.15) is 13.8 Å². The number of rotatable bonds is 6. The zero-order chi connectivity index (χ0) is 12.8. The minimum Gasteiger partial charge on any atom is -0.481 e. The number of hydrogen-bond donors (Lipinski definition) is 2. The Morgan fingerprint density at radius 2 is 2.12 bits per heavy atom. The molecule has 0 spiro atoms. The van der Waals surface area contributed by atoms with Crippen LogP contribution in [0.3, 0.4) is 0 Å². The average Bonchev–Trinajstić information content (AvgIpc) is 2.79. The molecule has 0 saturated heterocycles. The summed E-state index contributed by atoms with van der Waals surface area (Å²) in [5.74, 6) is -2.48. The van der Waals surface area contributed by atoms with Gasteiger partial charge in [-0.05, 0) is 0 Å². The summed E-state index contributed by atoms with van der Waals surface area (Å²) in [6.07, 6.45) is 3.24. The van der Waals surface area contributed by atoms with Crippen molar-refractivity contribution in [2.24, 2.45) is 11.8 Å². The molecule has 7 nitrogen and oxygen atoms in total. The maximum Gasteiger partial charge on any atom is 0.307 e. The van der Waals surface area contributed by atoms with Crippen LogP contribution in [0.4, 0.5) is 0 Å². The molecule has 2 atom stereocenters. The summed E-state index contributed by atoms with van der Waals surface area (Å²) in [7, 11) is 0. The van der Waals surface area contributed by atoms with E-state index in [1.165, 1.54) is 6.92 Å². The Balaban J connectivity index is 2.32. The number of carbonyl (C=O) groups excluding carboxylic acids is 1. The number of amides is 1. The summed E-state index contributed by atoms with van der Waals surface area (Å²) in [5.41, 5.74) is 0. The SMILES string of the molecule is CC(C(=O)O)C(C)C(=O)NCCn1ccnn1. The van der Waals surface area contributed by atoms with E-state index in [0.717, 1.165) is 0 Å². The molecule has 0 radical (unpaired) electrons. The van der Waals surface area contributed by atoms with Crippen molar-refractivity contribution in [1.82, 2.24) is 20.3 Å². The highest BCUT2D eigenvalue weighted by molar-refractivity contribution is 5.84. The zero-order valence-electron chi connectivity index (χ0n) is 9.83. The summed E-state index contributed by atoms with van der Waals surface area (Å²) in [4.78, 5) is 22.3. The molecule has 0 aliphatic heterocycles. The Labute approximate surface area is 98.8 Å². The summed E-state index contributed by atoms with van der Waals surface area (Å²) < 4.78 is 1.59. The molecule has 94 valence electrons. The molecule has 1 aromatic rings. The van der Waals surface area contributed by atoms with Gasteiger partial charge in [-0.15, -0.1) is 5.10 Å². The van der Waals surface area contributed by atoms with E-state index in [1.807, 2.05) is 0 Å². The molecule has 0 saturated carbocycles. The van der Waals surface area contributed by atoms with E-state index in [-0.39, 0.29) is 5.91 Å². The van der Waals surface area contributed by atoms with E-state index in [2.05, 4.69) is 15.6 Å². The zero-order valence-corrected chi connectivity index (χ0v) is 9.83. The Morgan fingerprint density at radius 3 is 2.65 bits per heavy atom. The quantitative estimate of drug-likeness (QED) is 0.714. The topological polar surface area (TPSA) is 97.1 Å². The average molecular weight is 240 g/mol. The monoisotopic (exact) mass is 240 g/mol. The van der Waals surface area contributed by atoms with Crippen molar-refractivity contribution in [3.63, 3.8) is 0 Å². The number of nitrogens with zero attached hydrogens (tertiary/aromatic N) is 3. The summed E-state index contributed by atoms with van der Waals surface area (Å²) in [6, 6.07) is 0. The first kappa shape index (κ1) is 13.1. The highest BCUT2D eigenvalue weighted by Crippen LogP contribution is 2.10. The number of carboxylic acid groups (broad SMARTS) is 1. The van der Waals surface area contributed by atoms with Gasteiger partial charge in [0.15, 0.2) is 0 Å². The molecule has 2 unspecified atom stereocenters. The third-order valence-corrected chi connectivity index (χ3v) is 2.67. The fourth-order valence-electron chi connectivity index (χ4n) is 1.25. The lowest BCUT2D eigenvalue weighted by Gasteiger charge is -2.15. The number of carbonyl (C=O) groups is 2. The van der Waals surface area contributed by atoms with Crippen LogP contribution < -0.4 is 5.32 Å². The third kappa shape index (κ3) is 3.86. The molecule has 1 aromatic heterocycles. The molecule has 0 aromatic carbocycles. The lowest BCUT2D eigenvalue weighted by molar-refractivity contribution is -0.146. The van der Waals surface area contributed by atoms with Crippen LogP contribution in [0, 0.1) is 11.8 Å². The second-order valence-electron chi connectivity index (χ2n) is 3.87. The maximum atomic E-state index is 11.6. The van der Waals surface area contributed by atoms with Crippen molar-refractivity contribution in [2.45, 2.75) is 20.4 Å². The van der Waals surface area contributed by atoms with Gasteiger partial charge >= 0.3 is 5.97 Å². The molecule has 0 bridgehead atoms. The Morgan fingerprint density at radius 1 is 1.41 bits per heavy atom. The predicted octanol–water partition coefficient (Wildman–Crippen LogP) is -0.249. The molecule has 0 aliphatic carbocycles. The van der Waals surface area contributed by atoms with Gasteiger partial charge in [-0.25, -0.2) is 0 Å². The number of aliphatic carboxylic acids is 1. The van der Waals surface area contributed by atoms with Crippen LogP contribution in [0.15, 0.2) is 12.4 Å². The molecule has 2 N–H and O–H groups in total. The van der Waals surface area contributed by atoms with E-state index in [1.54, 1.807) is 24.0 Å². The van der Waals surface area contributed by atoms with Crippen molar-refractivity contribution in [2.75, 3.05) is 6.54 Å². The highest BCUT2D eigenvalue weighted by atomic mass is 16.4. The number of aromatic nitrogens is 3. The Hall–Kier alpha value is -1.92. The van der Waals surface area contributed by atoms with Gasteiger partial charge in [-0.3, -0.25) is 14.3 Å². The largest absolute Gasteiger partial charge is 0.481 e. The van der Waals surface area contributed by atoms with E-state index in [9.17, 15) is 9.59 Å². The third-order valence-electron chi connectivity index (χ3n) is 2.67. The van der Waals surface area contributed by atoms with Gasteiger partial charge in [-0.1, -0.05) is 19.1 Å². The van der Waals surface area contributed by atoms with Gasteiger partial charge in [0.25, 0.3) is 0 Å². The van der Waals surface area contributed by atoms with Gasteiger partial charge in [0.2, 0.25) is 5.91 Å². The summed E-state index contributed by atoms with van der Waals surface area (Å²) >= 11 is 0. The van der Waals surface area contributed by atoms with Gasteiger partial charge < -0.3 is 10.4 Å². The van der Waals surface area contributed by atoms with Crippen LogP contribution in [-0.4, -0.2) is 38.5 Å². The van der Waals surface area contributed by atoms with E-state index in [4.69, 9.17) is 5.11 Å². The Bertz CT molecular complexity index is 377. The summed E-state index contributed by atoms with van der Waals surface area (Å²) in [5, 5.41) is 18.8. The molecule has 7 heteroatoms. The normalized spacial score (nSPS) is 14.0. The van der Waals surface area contributed by atoms with Crippen molar-refractivity contribution >= 4 is 11.9 Å². The van der Waals surface area contributed by atoms with Crippen molar-refractivity contribution in [3.8, 4) is 0 Å². The fraction of sp³-hybridized carbons (Fsp3) is 0.600. The van der Waals surface area contributed by atoms with Crippen molar-refractivity contribution in [1.29, 1.82) is 0 Å². The van der Waals surface area contributed by atoms with E-state index >= 15 is 0 Å². The van der Waals surface area contributed by atoms with Crippen LogP contribution in [-0.2, 0) is 16.1 Å². The Kier molecular flexibility index (Phi) is 4.62. The van der Waals surface area contributed by atoms with Crippen molar-refractivity contribution < 1.29 is 14.7 Å². The van der Waals surface area contributed by atoms with Gasteiger partial charge in [0.1, 0.15) is 0 Å². The summed E-state index contributed by atoms with van der Waals surface area (Å²) in [6.45, 7) is 4.03. The van der Waals surface area contributed by atoms with Crippen LogP contribution in [0.2, 0.25) is 0 Å². The van der Waals surface area contributed by atoms with Crippen LogP contribution in [0.25, 0.3) is 0 Å². The van der Waals surface area contributed by atoms with E-state index in [0.29, 0.717) is 13.1 Å². The van der Waals surface area contributed by atoms with Gasteiger partial charge in [0, 0.05) is 18.7 Å². The lowest BCUT2D eigenvalue weighted by Crippen LogP contribution is -2.36. The molecule has 0 fully saturated rings. The minimum absolute atomic E-state index is 0.264. The van der Waals surface area contributed by atoms with E-state index < -0.39 is 17.8 Å². The standard InChI is InChI=1S/C10H16N4O3/c1-7(8(2)10(16)17)9(15)11-3-5-14-6-4-12-13-14/h4,6-8H,3,5H2,1-2H3,(H,11,15)(H,16,17). The number of carboxylic acids is 1. The molecule has 0 aliphatic rings. The van der Waals surface area contributed by atoms with Gasteiger partial charge in [0.05, 0.1) is 18.7 Å². The molecule has 1 heterocycles.